The Morgan fingerprint density at radius 1 is 0.595 bits per heavy atom. The lowest BCUT2D eigenvalue weighted by atomic mass is 9.80. The van der Waals surface area contributed by atoms with Gasteiger partial charge in [-0.15, -0.1) is 0 Å². The maximum Gasteiger partial charge on any atom is 0.127 e. The lowest BCUT2D eigenvalue weighted by Crippen LogP contribution is -2.28. The minimum Gasteiger partial charge on any atom is -0.490 e. The van der Waals surface area contributed by atoms with Crippen LogP contribution < -0.4 is 10.0 Å². The van der Waals surface area contributed by atoms with Gasteiger partial charge < -0.3 is 4.74 Å². The van der Waals surface area contributed by atoms with Crippen molar-refractivity contribution in [3.8, 4) is 16.9 Å². The fourth-order valence-corrected chi connectivity index (χ4v) is 12.1. The lowest BCUT2D eigenvalue weighted by Gasteiger charge is -2.41. The quantitative estimate of drug-likeness (QED) is 0.347. The van der Waals surface area contributed by atoms with E-state index in [1.165, 1.54) is 121 Å². The van der Waals surface area contributed by atoms with Crippen LogP contribution in [0.4, 0.5) is 0 Å². The Labute approximate surface area is 227 Å². The van der Waals surface area contributed by atoms with Gasteiger partial charge in [-0.05, 0) is 141 Å². The molecule has 4 aliphatic rings. The number of rotatable bonds is 6. The summed E-state index contributed by atoms with van der Waals surface area (Å²) < 4.78 is 6.69. The number of hydrogen-bond acceptors (Lipinski definition) is 1. The topological polar surface area (TPSA) is 9.23 Å². The second-order valence-corrected chi connectivity index (χ2v) is 15.5. The molecule has 0 unspecified atom stereocenters. The Hall–Kier alpha value is -1.33. The molecule has 200 valence electrons. The minimum atomic E-state index is -0.153. The Morgan fingerprint density at radius 2 is 1.11 bits per heavy atom. The van der Waals surface area contributed by atoms with Crippen LogP contribution >= 0.6 is 7.92 Å². The van der Waals surface area contributed by atoms with E-state index in [0.717, 1.165) is 11.3 Å². The zero-order valence-corrected chi connectivity index (χ0v) is 24.5. The van der Waals surface area contributed by atoms with Gasteiger partial charge in [0.1, 0.15) is 5.75 Å². The molecule has 37 heavy (non-hydrogen) atoms. The highest BCUT2D eigenvalue weighted by molar-refractivity contribution is 7.67. The Bertz CT molecular complexity index is 1060. The first kappa shape index (κ1) is 25.9. The van der Waals surface area contributed by atoms with E-state index in [1.807, 2.05) is 0 Å². The van der Waals surface area contributed by atoms with Gasteiger partial charge in [0, 0.05) is 5.56 Å². The fraction of sp³-hybridized carbons (Fsp3) is 0.657. The monoisotopic (exact) mass is 516 g/mol. The fourth-order valence-electron chi connectivity index (χ4n) is 8.15. The molecular weight excluding hydrogens is 467 g/mol. The summed E-state index contributed by atoms with van der Waals surface area (Å²) in [7, 11) is -0.153. The third-order valence-electron chi connectivity index (χ3n) is 9.83. The van der Waals surface area contributed by atoms with Crippen LogP contribution in [-0.2, 0) is 25.7 Å². The van der Waals surface area contributed by atoms with E-state index in [1.54, 1.807) is 38.7 Å². The van der Waals surface area contributed by atoms with Crippen molar-refractivity contribution >= 4 is 13.2 Å². The average molecular weight is 517 g/mol. The van der Waals surface area contributed by atoms with Gasteiger partial charge in [-0.1, -0.05) is 64.6 Å². The molecule has 2 aromatic rings. The van der Waals surface area contributed by atoms with Crippen LogP contribution in [0.2, 0.25) is 0 Å². The van der Waals surface area contributed by atoms with Crippen molar-refractivity contribution in [2.75, 3.05) is 0 Å². The molecule has 2 fully saturated rings. The van der Waals surface area contributed by atoms with Crippen molar-refractivity contribution < 1.29 is 4.74 Å². The molecular formula is C35H49OP. The summed E-state index contributed by atoms with van der Waals surface area (Å²) >= 11 is 0. The maximum atomic E-state index is 6.69. The second kappa shape index (κ2) is 11.8. The van der Waals surface area contributed by atoms with Crippen LogP contribution in [0.5, 0.6) is 5.75 Å². The van der Waals surface area contributed by atoms with Crippen molar-refractivity contribution in [3.05, 3.63) is 46.5 Å². The SMILES string of the molecule is CC(C)Oc1ccc2c(c1-c1c(P(C3CCCCC3)C3CCCCC3)ccc3c1CCCC3)CCCC2. The maximum absolute atomic E-state index is 6.69. The van der Waals surface area contributed by atoms with Crippen LogP contribution in [0.25, 0.3) is 11.1 Å². The van der Waals surface area contributed by atoms with Gasteiger partial charge in [-0.25, -0.2) is 0 Å². The highest BCUT2D eigenvalue weighted by atomic mass is 31.1. The molecule has 0 aromatic heterocycles. The van der Waals surface area contributed by atoms with Gasteiger partial charge >= 0.3 is 0 Å². The molecule has 0 amide bonds. The third kappa shape index (κ3) is 5.41. The third-order valence-corrected chi connectivity index (χ3v) is 13.4. The largest absolute Gasteiger partial charge is 0.490 e. The molecule has 6 rings (SSSR count). The highest BCUT2D eigenvalue weighted by Crippen LogP contribution is 2.58. The van der Waals surface area contributed by atoms with Gasteiger partial charge in [0.2, 0.25) is 0 Å². The normalized spacial score (nSPS) is 21.2. The van der Waals surface area contributed by atoms with Crippen molar-refractivity contribution in [2.45, 2.75) is 147 Å². The van der Waals surface area contributed by atoms with Crippen LogP contribution in [-0.4, -0.2) is 17.4 Å². The molecule has 0 radical (unpaired) electrons. The van der Waals surface area contributed by atoms with E-state index < -0.39 is 0 Å². The smallest absolute Gasteiger partial charge is 0.127 e. The van der Waals surface area contributed by atoms with Crippen molar-refractivity contribution in [1.29, 1.82) is 0 Å². The van der Waals surface area contributed by atoms with Gasteiger partial charge in [0.15, 0.2) is 0 Å². The van der Waals surface area contributed by atoms with Crippen molar-refractivity contribution in [1.82, 2.24) is 0 Å². The summed E-state index contributed by atoms with van der Waals surface area (Å²) in [6.45, 7) is 4.42. The Balaban J connectivity index is 1.59. The van der Waals surface area contributed by atoms with Gasteiger partial charge in [0.05, 0.1) is 6.10 Å². The van der Waals surface area contributed by atoms with Gasteiger partial charge in [-0.2, -0.15) is 0 Å². The van der Waals surface area contributed by atoms with Crippen LogP contribution in [0, 0.1) is 0 Å². The Morgan fingerprint density at radius 3 is 1.68 bits per heavy atom. The predicted octanol–water partition coefficient (Wildman–Crippen LogP) is 9.67. The number of fused-ring (bicyclic) bond motifs is 2. The molecule has 0 saturated heterocycles. The molecule has 0 N–H and O–H groups in total. The second-order valence-electron chi connectivity index (χ2n) is 12.7. The van der Waals surface area contributed by atoms with E-state index in [4.69, 9.17) is 4.74 Å². The lowest BCUT2D eigenvalue weighted by molar-refractivity contribution is 0.243. The molecule has 0 spiro atoms. The molecule has 4 aliphatic carbocycles. The molecule has 0 atom stereocenters. The van der Waals surface area contributed by atoms with E-state index in [-0.39, 0.29) is 14.0 Å². The van der Waals surface area contributed by atoms with E-state index >= 15 is 0 Å². The summed E-state index contributed by atoms with van der Waals surface area (Å²) in [6, 6.07) is 10.0. The average Bonchev–Trinajstić information content (AvgIpc) is 2.94. The van der Waals surface area contributed by atoms with Gasteiger partial charge in [-0.3, -0.25) is 0 Å². The first-order chi connectivity index (χ1) is 18.2. The van der Waals surface area contributed by atoms with Crippen molar-refractivity contribution in [2.24, 2.45) is 0 Å². The molecule has 2 saturated carbocycles. The molecule has 0 aliphatic heterocycles. The number of aryl methyl sites for hydroxylation is 2. The Kier molecular flexibility index (Phi) is 8.28. The molecule has 2 heteroatoms. The number of hydrogen-bond donors (Lipinski definition) is 0. The molecule has 0 bridgehead atoms. The van der Waals surface area contributed by atoms with E-state index in [0.29, 0.717) is 0 Å². The first-order valence-corrected chi connectivity index (χ1v) is 17.4. The van der Waals surface area contributed by atoms with E-state index in [9.17, 15) is 0 Å². The highest BCUT2D eigenvalue weighted by Gasteiger charge is 2.36. The summed E-state index contributed by atoms with van der Waals surface area (Å²) in [5, 5.41) is 1.79. The van der Waals surface area contributed by atoms with Crippen LogP contribution in [0.3, 0.4) is 0 Å². The van der Waals surface area contributed by atoms with Crippen molar-refractivity contribution in [3.63, 3.8) is 0 Å². The molecule has 2 aromatic carbocycles. The summed E-state index contributed by atoms with van der Waals surface area (Å²) in [5.41, 5.74) is 11.7. The molecule has 0 heterocycles. The summed E-state index contributed by atoms with van der Waals surface area (Å²) in [5.74, 6) is 1.18. The zero-order valence-electron chi connectivity index (χ0n) is 23.6. The standard InChI is InChI=1S/C35H49OP/c1-25(2)36-32-23-21-26-13-9-11-19-30(26)34(32)35-31-20-12-10-14-27(31)22-24-33(35)37(28-15-5-3-6-16-28)29-17-7-4-8-18-29/h21-25,28-29H,3-20H2,1-2H3. The predicted molar refractivity (Wildman–Crippen MR) is 161 cm³/mol. The number of benzene rings is 2. The number of ether oxygens (including phenoxy) is 1. The van der Waals surface area contributed by atoms with Crippen LogP contribution in [0.15, 0.2) is 24.3 Å². The zero-order chi connectivity index (χ0) is 25.2. The minimum absolute atomic E-state index is 0.153. The van der Waals surface area contributed by atoms with Gasteiger partial charge in [0.25, 0.3) is 0 Å². The molecule has 1 nitrogen and oxygen atoms in total. The van der Waals surface area contributed by atoms with E-state index in [2.05, 4.69) is 38.1 Å². The first-order valence-electron chi connectivity index (χ1n) is 16.0. The summed E-state index contributed by atoms with van der Waals surface area (Å²) in [6.07, 6.45) is 25.2. The van der Waals surface area contributed by atoms with Crippen LogP contribution in [0.1, 0.15) is 126 Å². The summed E-state index contributed by atoms with van der Waals surface area (Å²) in [4.78, 5) is 0.